The van der Waals surface area contributed by atoms with Gasteiger partial charge in [0, 0.05) is 17.1 Å². The monoisotopic (exact) mass is 273 g/mol. The summed E-state index contributed by atoms with van der Waals surface area (Å²) in [4.78, 5) is 14.0. The van der Waals surface area contributed by atoms with Gasteiger partial charge in [0.2, 0.25) is 0 Å². The lowest BCUT2D eigenvalue weighted by atomic mass is 9.84. The molecule has 0 amide bonds. The molecule has 1 aromatic carbocycles. The molecule has 0 radical (unpaired) electrons. The predicted octanol–water partition coefficient (Wildman–Crippen LogP) is 3.68. The minimum Gasteiger partial charge on any atom is -0.481 e. The van der Waals surface area contributed by atoms with Gasteiger partial charge in [0.05, 0.1) is 0 Å². The van der Waals surface area contributed by atoms with Gasteiger partial charge in [-0.1, -0.05) is 25.3 Å². The summed E-state index contributed by atoms with van der Waals surface area (Å²) in [5.74, 6) is 0.288. The number of carbonyl (C=O) groups is 1. The Balaban J connectivity index is 1.97. The number of rotatable bonds is 4. The third-order valence-electron chi connectivity index (χ3n) is 4.09. The number of H-pyrrole nitrogens is 1. The second kappa shape index (κ2) is 5.57. The van der Waals surface area contributed by atoms with E-state index in [1.807, 2.05) is 18.2 Å². The van der Waals surface area contributed by atoms with Gasteiger partial charge in [-0.25, -0.2) is 4.79 Å². The van der Waals surface area contributed by atoms with Gasteiger partial charge >= 0.3 is 5.97 Å². The molecule has 1 aliphatic rings. The van der Waals surface area contributed by atoms with Crippen LogP contribution in [0.4, 0.5) is 0 Å². The van der Waals surface area contributed by atoms with Gasteiger partial charge in [-0.05, 0) is 36.5 Å². The molecule has 4 nitrogen and oxygen atoms in total. The first-order valence-corrected chi connectivity index (χ1v) is 7.20. The van der Waals surface area contributed by atoms with Gasteiger partial charge in [-0.15, -0.1) is 0 Å². The van der Waals surface area contributed by atoms with Crippen LogP contribution in [0.3, 0.4) is 0 Å². The van der Waals surface area contributed by atoms with Crippen molar-refractivity contribution in [3.05, 3.63) is 30.0 Å². The standard InChI is InChI=1S/C16H19NO3/c18-15(19)10-20-14-8-4-7-13-16(14)12(9-17-13)11-5-2-1-3-6-11/h4,7-9,11,17H,1-3,5-6,10H2,(H,18,19). The van der Waals surface area contributed by atoms with E-state index in [-0.39, 0.29) is 6.61 Å². The van der Waals surface area contributed by atoms with E-state index in [0.29, 0.717) is 11.7 Å². The number of carboxylic acids is 1. The maximum Gasteiger partial charge on any atom is 0.341 e. The Morgan fingerprint density at radius 1 is 1.30 bits per heavy atom. The highest BCUT2D eigenvalue weighted by Gasteiger charge is 2.20. The van der Waals surface area contributed by atoms with E-state index in [1.165, 1.54) is 37.7 Å². The average molecular weight is 273 g/mol. The molecule has 1 aliphatic carbocycles. The summed E-state index contributed by atoms with van der Waals surface area (Å²) < 4.78 is 5.45. The SMILES string of the molecule is O=C(O)COc1cccc2[nH]cc(C3CCCCC3)c12. The van der Waals surface area contributed by atoms with Crippen molar-refractivity contribution in [1.82, 2.24) is 4.98 Å². The first-order valence-electron chi connectivity index (χ1n) is 7.20. The Hall–Kier alpha value is -1.97. The molecule has 1 heterocycles. The Kier molecular flexibility index (Phi) is 3.63. The molecule has 0 bridgehead atoms. The smallest absolute Gasteiger partial charge is 0.341 e. The summed E-state index contributed by atoms with van der Waals surface area (Å²) in [5.41, 5.74) is 2.30. The third kappa shape index (κ3) is 2.50. The first kappa shape index (κ1) is 13.0. The Labute approximate surface area is 117 Å². The molecule has 0 saturated heterocycles. The first-order chi connectivity index (χ1) is 9.75. The fourth-order valence-electron chi connectivity index (χ4n) is 3.17. The van der Waals surface area contributed by atoms with Gasteiger partial charge in [-0.3, -0.25) is 0 Å². The molecule has 4 heteroatoms. The van der Waals surface area contributed by atoms with Crippen molar-refractivity contribution in [1.29, 1.82) is 0 Å². The molecule has 2 N–H and O–H groups in total. The summed E-state index contributed by atoms with van der Waals surface area (Å²) in [6.07, 6.45) is 8.35. The van der Waals surface area contributed by atoms with Crippen LogP contribution in [-0.4, -0.2) is 22.7 Å². The number of fused-ring (bicyclic) bond motifs is 1. The van der Waals surface area contributed by atoms with Crippen molar-refractivity contribution in [3.8, 4) is 5.75 Å². The van der Waals surface area contributed by atoms with Gasteiger partial charge in [0.1, 0.15) is 5.75 Å². The number of ether oxygens (including phenoxy) is 1. The zero-order chi connectivity index (χ0) is 13.9. The van der Waals surface area contributed by atoms with Crippen molar-refractivity contribution < 1.29 is 14.6 Å². The lowest BCUT2D eigenvalue weighted by molar-refractivity contribution is -0.139. The predicted molar refractivity (Wildman–Crippen MR) is 77.3 cm³/mol. The van der Waals surface area contributed by atoms with Crippen molar-refractivity contribution in [2.24, 2.45) is 0 Å². The topological polar surface area (TPSA) is 62.3 Å². The van der Waals surface area contributed by atoms with Crippen LogP contribution < -0.4 is 4.74 Å². The number of hydrogen-bond acceptors (Lipinski definition) is 2. The quantitative estimate of drug-likeness (QED) is 0.893. The maximum absolute atomic E-state index is 10.7. The molecule has 0 unspecified atom stereocenters. The van der Waals surface area contributed by atoms with E-state index >= 15 is 0 Å². The second-order valence-electron chi connectivity index (χ2n) is 5.44. The van der Waals surface area contributed by atoms with Crippen LogP contribution in [0.5, 0.6) is 5.75 Å². The average Bonchev–Trinajstić information content (AvgIpc) is 2.90. The van der Waals surface area contributed by atoms with E-state index in [0.717, 1.165) is 10.9 Å². The molecular formula is C16H19NO3. The van der Waals surface area contributed by atoms with Crippen LogP contribution in [0, 0.1) is 0 Å². The largest absolute Gasteiger partial charge is 0.481 e. The molecular weight excluding hydrogens is 254 g/mol. The van der Waals surface area contributed by atoms with E-state index in [2.05, 4.69) is 11.2 Å². The van der Waals surface area contributed by atoms with E-state index < -0.39 is 5.97 Å². The van der Waals surface area contributed by atoms with Gasteiger partial charge in [0.25, 0.3) is 0 Å². The highest BCUT2D eigenvalue weighted by Crippen LogP contribution is 2.39. The fraction of sp³-hybridized carbons (Fsp3) is 0.438. The Morgan fingerprint density at radius 3 is 2.85 bits per heavy atom. The molecule has 20 heavy (non-hydrogen) atoms. The summed E-state index contributed by atoms with van der Waals surface area (Å²) in [5, 5.41) is 9.84. The molecule has 2 aromatic rings. The Bertz CT molecular complexity index is 611. The van der Waals surface area contributed by atoms with Crippen LogP contribution in [-0.2, 0) is 4.79 Å². The normalized spacial score (nSPS) is 16.4. The van der Waals surface area contributed by atoms with Crippen molar-refractivity contribution >= 4 is 16.9 Å². The van der Waals surface area contributed by atoms with Gasteiger partial charge < -0.3 is 14.8 Å². The third-order valence-corrected chi connectivity index (χ3v) is 4.09. The van der Waals surface area contributed by atoms with Crippen LogP contribution in [0.2, 0.25) is 0 Å². The zero-order valence-corrected chi connectivity index (χ0v) is 11.4. The molecule has 0 atom stereocenters. The number of benzene rings is 1. The summed E-state index contributed by atoms with van der Waals surface area (Å²) in [6, 6.07) is 5.75. The molecule has 1 aromatic heterocycles. The molecule has 1 saturated carbocycles. The Morgan fingerprint density at radius 2 is 2.10 bits per heavy atom. The number of nitrogens with one attached hydrogen (secondary N) is 1. The van der Waals surface area contributed by atoms with E-state index in [4.69, 9.17) is 9.84 Å². The van der Waals surface area contributed by atoms with Crippen LogP contribution >= 0.6 is 0 Å². The van der Waals surface area contributed by atoms with Crippen LogP contribution in [0.15, 0.2) is 24.4 Å². The lowest BCUT2D eigenvalue weighted by Crippen LogP contribution is -2.10. The zero-order valence-electron chi connectivity index (χ0n) is 11.4. The minimum absolute atomic E-state index is 0.297. The number of hydrogen-bond donors (Lipinski definition) is 2. The van der Waals surface area contributed by atoms with Gasteiger partial charge in [-0.2, -0.15) is 0 Å². The van der Waals surface area contributed by atoms with Crippen molar-refractivity contribution in [2.45, 2.75) is 38.0 Å². The highest BCUT2D eigenvalue weighted by atomic mass is 16.5. The van der Waals surface area contributed by atoms with Crippen molar-refractivity contribution in [2.75, 3.05) is 6.61 Å². The molecule has 3 rings (SSSR count). The number of aromatic amines is 1. The van der Waals surface area contributed by atoms with Crippen LogP contribution in [0.25, 0.3) is 10.9 Å². The van der Waals surface area contributed by atoms with E-state index in [1.54, 1.807) is 0 Å². The number of carboxylic acid groups (broad SMARTS) is 1. The molecule has 0 spiro atoms. The second-order valence-corrected chi connectivity index (χ2v) is 5.44. The minimum atomic E-state index is -0.947. The highest BCUT2D eigenvalue weighted by molar-refractivity contribution is 5.90. The lowest BCUT2D eigenvalue weighted by Gasteiger charge is -2.21. The number of aromatic nitrogens is 1. The van der Waals surface area contributed by atoms with Gasteiger partial charge in [0.15, 0.2) is 6.61 Å². The summed E-state index contributed by atoms with van der Waals surface area (Å²) in [7, 11) is 0. The van der Waals surface area contributed by atoms with E-state index in [9.17, 15) is 4.79 Å². The fourth-order valence-corrected chi connectivity index (χ4v) is 3.17. The molecule has 106 valence electrons. The summed E-state index contributed by atoms with van der Waals surface area (Å²) in [6.45, 7) is -0.297. The molecule has 0 aliphatic heterocycles. The van der Waals surface area contributed by atoms with Crippen molar-refractivity contribution in [3.63, 3.8) is 0 Å². The summed E-state index contributed by atoms with van der Waals surface area (Å²) >= 11 is 0. The van der Waals surface area contributed by atoms with Crippen LogP contribution in [0.1, 0.15) is 43.6 Å². The molecule has 1 fully saturated rings. The maximum atomic E-state index is 10.7. The number of aliphatic carboxylic acids is 1.